The Morgan fingerprint density at radius 2 is 1.78 bits per heavy atom. The summed E-state index contributed by atoms with van der Waals surface area (Å²) in [6.07, 6.45) is 7.49. The largest absolute Gasteiger partial charge is 0.481 e. The second kappa shape index (κ2) is 7.62. The number of hydrogen-bond acceptors (Lipinski definition) is 4. The van der Waals surface area contributed by atoms with E-state index in [0.717, 1.165) is 46.6 Å². The summed E-state index contributed by atoms with van der Waals surface area (Å²) >= 11 is 0. The van der Waals surface area contributed by atoms with Crippen LogP contribution in [0.2, 0.25) is 0 Å². The van der Waals surface area contributed by atoms with Crippen LogP contribution in [0.1, 0.15) is 53.2 Å². The van der Waals surface area contributed by atoms with E-state index in [1.165, 1.54) is 0 Å². The number of amides is 1. The zero-order chi connectivity index (χ0) is 24.4. The Bertz CT molecular complexity index is 1530. The number of aromatic nitrogens is 3. The lowest BCUT2D eigenvalue weighted by Gasteiger charge is -2.15. The maximum absolute atomic E-state index is 13.4. The third-order valence-electron chi connectivity index (χ3n) is 7.69. The monoisotopic (exact) mass is 476 g/mol. The zero-order valence-corrected chi connectivity index (χ0v) is 19.6. The molecule has 7 heteroatoms. The van der Waals surface area contributed by atoms with Crippen LogP contribution in [-0.2, 0) is 16.8 Å². The summed E-state index contributed by atoms with van der Waals surface area (Å²) in [5.41, 5.74) is 4.43. The van der Waals surface area contributed by atoms with Crippen LogP contribution in [0.5, 0.6) is 0 Å². The van der Waals surface area contributed by atoms with Gasteiger partial charge < -0.3 is 9.67 Å². The highest BCUT2D eigenvalue weighted by Gasteiger charge is 2.51. The molecule has 1 aliphatic heterocycles. The number of anilines is 1. The normalized spacial score (nSPS) is 17.8. The number of carboxylic acids is 1. The Morgan fingerprint density at radius 3 is 2.50 bits per heavy atom. The molecule has 0 spiro atoms. The minimum absolute atomic E-state index is 0.0681. The van der Waals surface area contributed by atoms with Crippen molar-refractivity contribution >= 4 is 17.7 Å². The minimum Gasteiger partial charge on any atom is -0.481 e. The third-order valence-corrected chi connectivity index (χ3v) is 7.69. The number of rotatable bonds is 6. The number of imidazole rings is 1. The molecule has 2 aromatic heterocycles. The van der Waals surface area contributed by atoms with Gasteiger partial charge in [-0.3, -0.25) is 14.5 Å². The van der Waals surface area contributed by atoms with Crippen molar-refractivity contribution in [3.63, 3.8) is 0 Å². The molecule has 1 N–H and O–H groups in total. The first kappa shape index (κ1) is 21.1. The van der Waals surface area contributed by atoms with Gasteiger partial charge in [-0.05, 0) is 66.1 Å². The van der Waals surface area contributed by atoms with E-state index in [2.05, 4.69) is 9.55 Å². The average Bonchev–Trinajstić information content (AvgIpc) is 3.84. The fourth-order valence-electron chi connectivity index (χ4n) is 5.26. The molecule has 0 unspecified atom stereocenters. The summed E-state index contributed by atoms with van der Waals surface area (Å²) < 4.78 is 2.17. The summed E-state index contributed by atoms with van der Waals surface area (Å²) in [5, 5.41) is 9.56. The second-order valence-corrected chi connectivity index (χ2v) is 10.00. The Hall–Kier alpha value is -4.26. The average molecular weight is 477 g/mol. The number of aliphatic carboxylic acids is 1. The fourth-order valence-corrected chi connectivity index (χ4v) is 5.26. The smallest absolute Gasteiger partial charge is 0.314 e. The van der Waals surface area contributed by atoms with Gasteiger partial charge in [-0.25, -0.2) is 9.97 Å². The molecule has 0 bridgehead atoms. The van der Waals surface area contributed by atoms with E-state index in [1.54, 1.807) is 11.1 Å². The first-order valence-electron chi connectivity index (χ1n) is 12.3. The number of fused-ring (bicyclic) bond motifs is 1. The molecule has 2 aromatic carbocycles. The Morgan fingerprint density at radius 1 is 1.00 bits per heavy atom. The van der Waals surface area contributed by atoms with Gasteiger partial charge in [0.25, 0.3) is 5.91 Å². The van der Waals surface area contributed by atoms with Gasteiger partial charge in [0.15, 0.2) is 5.82 Å². The van der Waals surface area contributed by atoms with E-state index in [0.29, 0.717) is 36.8 Å². The number of hydrogen-bond donors (Lipinski definition) is 1. The van der Waals surface area contributed by atoms with Gasteiger partial charge in [-0.15, -0.1) is 0 Å². The van der Waals surface area contributed by atoms with E-state index in [-0.39, 0.29) is 5.91 Å². The van der Waals surface area contributed by atoms with Crippen molar-refractivity contribution in [3.05, 3.63) is 89.7 Å². The first-order chi connectivity index (χ1) is 17.5. The van der Waals surface area contributed by atoms with Crippen LogP contribution in [0.3, 0.4) is 0 Å². The molecule has 3 aliphatic rings. The second-order valence-electron chi connectivity index (χ2n) is 10.00. The minimum atomic E-state index is -0.757. The molecule has 36 heavy (non-hydrogen) atoms. The molecular weight excluding hydrogens is 452 g/mol. The molecule has 1 amide bonds. The molecule has 3 heterocycles. The molecule has 178 valence electrons. The molecule has 0 saturated heterocycles. The molecule has 7 nitrogen and oxygen atoms in total. The number of benzene rings is 2. The van der Waals surface area contributed by atoms with Crippen LogP contribution in [0.25, 0.3) is 22.6 Å². The zero-order valence-electron chi connectivity index (χ0n) is 19.6. The van der Waals surface area contributed by atoms with E-state index in [9.17, 15) is 14.7 Å². The summed E-state index contributed by atoms with van der Waals surface area (Å²) in [7, 11) is 0. The van der Waals surface area contributed by atoms with Crippen LogP contribution in [0.15, 0.2) is 73.1 Å². The van der Waals surface area contributed by atoms with E-state index < -0.39 is 11.4 Å². The molecule has 2 aliphatic carbocycles. The van der Waals surface area contributed by atoms with Gasteiger partial charge in [-0.2, -0.15) is 0 Å². The van der Waals surface area contributed by atoms with Crippen molar-refractivity contribution in [2.75, 3.05) is 4.90 Å². The fraction of sp³-hybridized carbons (Fsp3) is 0.241. The van der Waals surface area contributed by atoms with E-state index in [1.807, 2.05) is 66.9 Å². The Kier molecular flexibility index (Phi) is 4.46. The lowest BCUT2D eigenvalue weighted by molar-refractivity contribution is -0.140. The molecule has 4 aromatic rings. The highest BCUT2D eigenvalue weighted by Crippen LogP contribution is 2.48. The maximum Gasteiger partial charge on any atom is 0.314 e. The van der Waals surface area contributed by atoms with E-state index >= 15 is 0 Å². The molecule has 7 rings (SSSR count). The summed E-state index contributed by atoms with van der Waals surface area (Å²) in [4.78, 5) is 36.1. The first-order valence-corrected chi connectivity index (χ1v) is 12.3. The van der Waals surface area contributed by atoms with Crippen molar-refractivity contribution in [2.24, 2.45) is 0 Å². The predicted molar refractivity (Wildman–Crippen MR) is 135 cm³/mol. The van der Waals surface area contributed by atoms with Crippen LogP contribution in [0, 0.1) is 0 Å². The molecule has 2 fully saturated rings. The Labute approximate surface area is 208 Å². The van der Waals surface area contributed by atoms with Crippen molar-refractivity contribution < 1.29 is 14.7 Å². The standard InChI is InChI=1S/C29H24N4O3/c34-27-23-16-19(18-6-8-21(9-7-18)29(12-13-29)28(35)36)4-5-20(23)17-33(27)25-3-1-2-24(31-25)26-30-14-15-32(26)22-10-11-22/h1-9,14-16,22H,10-13,17H2,(H,35,36). The maximum atomic E-state index is 13.4. The van der Waals surface area contributed by atoms with Gasteiger partial charge in [0, 0.05) is 24.0 Å². The van der Waals surface area contributed by atoms with Crippen LogP contribution in [0.4, 0.5) is 5.82 Å². The van der Waals surface area contributed by atoms with Crippen molar-refractivity contribution in [1.29, 1.82) is 0 Å². The van der Waals surface area contributed by atoms with Crippen molar-refractivity contribution in [1.82, 2.24) is 14.5 Å². The lowest BCUT2D eigenvalue weighted by atomic mass is 9.93. The quantitative estimate of drug-likeness (QED) is 0.412. The van der Waals surface area contributed by atoms with Crippen LogP contribution in [-0.4, -0.2) is 31.5 Å². The van der Waals surface area contributed by atoms with Gasteiger partial charge in [-0.1, -0.05) is 42.5 Å². The topological polar surface area (TPSA) is 88.3 Å². The number of carbonyl (C=O) groups excluding carboxylic acids is 1. The van der Waals surface area contributed by atoms with Gasteiger partial charge in [0.1, 0.15) is 11.5 Å². The summed E-state index contributed by atoms with van der Waals surface area (Å²) in [6, 6.07) is 19.9. The van der Waals surface area contributed by atoms with Crippen LogP contribution < -0.4 is 4.90 Å². The number of carbonyl (C=O) groups is 2. The SMILES string of the molecule is O=C1c2cc(-c3ccc(C4(C(=O)O)CC4)cc3)ccc2CN1c1cccc(-c2nccn2C2CC2)n1. The number of carboxylic acid groups (broad SMARTS) is 1. The van der Waals surface area contributed by atoms with Crippen LogP contribution >= 0.6 is 0 Å². The predicted octanol–water partition coefficient (Wildman–Crippen LogP) is 5.22. The van der Waals surface area contributed by atoms with Gasteiger partial charge >= 0.3 is 5.97 Å². The number of pyridine rings is 1. The molecule has 0 atom stereocenters. The highest BCUT2D eigenvalue weighted by atomic mass is 16.4. The number of nitrogens with zero attached hydrogens (tertiary/aromatic N) is 4. The van der Waals surface area contributed by atoms with E-state index in [4.69, 9.17) is 4.98 Å². The van der Waals surface area contributed by atoms with Gasteiger partial charge in [0.05, 0.1) is 12.0 Å². The Balaban J connectivity index is 1.16. The van der Waals surface area contributed by atoms with Crippen molar-refractivity contribution in [3.8, 4) is 22.6 Å². The highest BCUT2D eigenvalue weighted by molar-refractivity contribution is 6.10. The third kappa shape index (κ3) is 3.26. The summed E-state index contributed by atoms with van der Waals surface area (Å²) in [6.45, 7) is 0.474. The molecule has 2 saturated carbocycles. The van der Waals surface area contributed by atoms with Gasteiger partial charge in [0.2, 0.25) is 0 Å². The lowest BCUT2D eigenvalue weighted by Crippen LogP contribution is -2.24. The molecular formula is C29H24N4O3. The van der Waals surface area contributed by atoms with Crippen molar-refractivity contribution in [2.45, 2.75) is 43.7 Å². The summed E-state index contributed by atoms with van der Waals surface area (Å²) in [5.74, 6) is 0.632. The molecule has 0 radical (unpaired) electrons.